The van der Waals surface area contributed by atoms with Crippen LogP contribution in [0, 0.1) is 0 Å². The third kappa shape index (κ3) is 3.72. The van der Waals surface area contributed by atoms with Crippen molar-refractivity contribution in [3.05, 3.63) is 17.8 Å². The van der Waals surface area contributed by atoms with Gasteiger partial charge in [-0.2, -0.15) is 5.10 Å². The van der Waals surface area contributed by atoms with Gasteiger partial charge in [-0.25, -0.2) is 9.59 Å². The summed E-state index contributed by atoms with van der Waals surface area (Å²) in [7, 11) is 0. The molecule has 1 heterocycles. The number of nitrogens with zero attached hydrogens (tertiary/aromatic N) is 3. The number of carbonyl (C=O) groups is 2. The van der Waals surface area contributed by atoms with Crippen molar-refractivity contribution in [3.8, 4) is 0 Å². The highest BCUT2D eigenvalue weighted by molar-refractivity contribution is 5.98. The van der Waals surface area contributed by atoms with Crippen LogP contribution in [0.2, 0.25) is 0 Å². The largest absolute Gasteiger partial charge is 0.478 e. The van der Waals surface area contributed by atoms with Gasteiger partial charge < -0.3 is 9.84 Å². The van der Waals surface area contributed by atoms with Gasteiger partial charge >= 0.3 is 12.1 Å². The Balaban J connectivity index is 2.40. The predicted octanol–water partition coefficient (Wildman–Crippen LogP) is 2.86. The number of aromatic carboxylic acids is 1. The maximum absolute atomic E-state index is 12.6. The average Bonchev–Trinajstić information content (AvgIpc) is 2.91. The first-order chi connectivity index (χ1) is 10.3. The van der Waals surface area contributed by atoms with Crippen molar-refractivity contribution < 1.29 is 19.4 Å². The number of rotatable bonds is 3. The molecule has 22 heavy (non-hydrogen) atoms. The maximum Gasteiger partial charge on any atom is 0.416 e. The van der Waals surface area contributed by atoms with Crippen molar-refractivity contribution in [1.29, 1.82) is 0 Å². The molecule has 1 N–H and O–H groups in total. The van der Waals surface area contributed by atoms with E-state index in [1.54, 1.807) is 20.8 Å². The molecule has 7 nitrogen and oxygen atoms in total. The Morgan fingerprint density at radius 2 is 1.95 bits per heavy atom. The highest BCUT2D eigenvalue weighted by Gasteiger charge is 2.35. The van der Waals surface area contributed by atoms with Crippen LogP contribution in [-0.4, -0.2) is 39.0 Å². The van der Waals surface area contributed by atoms with Gasteiger partial charge in [0.2, 0.25) is 0 Å². The molecule has 1 saturated carbocycles. The van der Waals surface area contributed by atoms with Crippen LogP contribution in [0.25, 0.3) is 0 Å². The molecule has 0 unspecified atom stereocenters. The van der Waals surface area contributed by atoms with Crippen LogP contribution in [-0.2, 0) is 4.74 Å². The maximum atomic E-state index is 12.6. The van der Waals surface area contributed by atoms with Gasteiger partial charge in [0.1, 0.15) is 11.2 Å². The van der Waals surface area contributed by atoms with E-state index in [1.807, 2.05) is 0 Å². The van der Waals surface area contributed by atoms with Crippen LogP contribution in [0.5, 0.6) is 0 Å². The van der Waals surface area contributed by atoms with Crippen LogP contribution in [0.1, 0.15) is 56.8 Å². The summed E-state index contributed by atoms with van der Waals surface area (Å²) in [6.45, 7) is 5.31. The van der Waals surface area contributed by atoms with Crippen LogP contribution in [0.3, 0.4) is 0 Å². The van der Waals surface area contributed by atoms with E-state index in [0.717, 1.165) is 25.7 Å². The fraction of sp³-hybridized carbons (Fsp3) is 0.600. The molecule has 1 aromatic heterocycles. The monoisotopic (exact) mass is 307 g/mol. The summed E-state index contributed by atoms with van der Waals surface area (Å²) in [4.78, 5) is 25.3. The first-order valence-corrected chi connectivity index (χ1v) is 7.37. The standard InChI is InChI=1S/C15H21N3O4/c1-15(2,3)22-14(21)18(10-6-4-5-7-10)12-11(13(19)20)8-9-16-17-12/h8-10H,4-7H2,1-3H3,(H,19,20). The van der Waals surface area contributed by atoms with E-state index in [0.29, 0.717) is 0 Å². The highest BCUT2D eigenvalue weighted by atomic mass is 16.6. The number of ether oxygens (including phenoxy) is 1. The van der Waals surface area contributed by atoms with Gasteiger partial charge in [0, 0.05) is 6.04 Å². The molecule has 1 fully saturated rings. The second-order valence-corrected chi connectivity index (χ2v) is 6.36. The van der Waals surface area contributed by atoms with Crippen molar-refractivity contribution in [2.45, 2.75) is 58.1 Å². The number of anilines is 1. The number of hydrogen-bond donors (Lipinski definition) is 1. The summed E-state index contributed by atoms with van der Waals surface area (Å²) in [5.41, 5.74) is -0.716. The molecule has 0 spiro atoms. The molecule has 0 bridgehead atoms. The highest BCUT2D eigenvalue weighted by Crippen LogP contribution is 2.30. The zero-order chi connectivity index (χ0) is 16.3. The Kier molecular flexibility index (Phi) is 4.63. The van der Waals surface area contributed by atoms with Crippen molar-refractivity contribution in [1.82, 2.24) is 10.2 Å². The van der Waals surface area contributed by atoms with E-state index in [2.05, 4.69) is 10.2 Å². The molecule has 7 heteroatoms. The number of carbonyl (C=O) groups excluding carboxylic acids is 1. The normalized spacial score (nSPS) is 15.6. The van der Waals surface area contributed by atoms with Crippen LogP contribution >= 0.6 is 0 Å². The van der Waals surface area contributed by atoms with Crippen molar-refractivity contribution in [3.63, 3.8) is 0 Å². The van der Waals surface area contributed by atoms with Crippen LogP contribution in [0.4, 0.5) is 10.6 Å². The molecule has 120 valence electrons. The summed E-state index contributed by atoms with van der Waals surface area (Å²) >= 11 is 0. The van der Waals surface area contributed by atoms with Crippen molar-refractivity contribution >= 4 is 17.9 Å². The Labute approximate surface area is 129 Å². The lowest BCUT2D eigenvalue weighted by molar-refractivity contribution is 0.0564. The lowest BCUT2D eigenvalue weighted by Gasteiger charge is -2.31. The van der Waals surface area contributed by atoms with E-state index in [4.69, 9.17) is 4.74 Å². The molecule has 1 aliphatic rings. The number of carboxylic acids is 1. The van der Waals surface area contributed by atoms with E-state index in [1.165, 1.54) is 17.2 Å². The van der Waals surface area contributed by atoms with Gasteiger partial charge in [-0.15, -0.1) is 5.10 Å². The van der Waals surface area contributed by atoms with E-state index in [-0.39, 0.29) is 17.4 Å². The molecule has 0 aliphatic heterocycles. The molecule has 2 rings (SSSR count). The molecule has 1 aromatic rings. The molecule has 1 amide bonds. The molecule has 1 aliphatic carbocycles. The first-order valence-electron chi connectivity index (χ1n) is 7.37. The molecule has 0 aromatic carbocycles. The summed E-state index contributed by atoms with van der Waals surface area (Å²) in [5.74, 6) is -1.09. The van der Waals surface area contributed by atoms with E-state index < -0.39 is 17.7 Å². The zero-order valence-corrected chi connectivity index (χ0v) is 13.1. The van der Waals surface area contributed by atoms with Gasteiger partial charge in [0.05, 0.1) is 6.20 Å². The van der Waals surface area contributed by atoms with Gasteiger partial charge in [-0.1, -0.05) is 12.8 Å². The second kappa shape index (κ2) is 6.29. The molecule has 0 saturated heterocycles. The molecular formula is C15H21N3O4. The Morgan fingerprint density at radius 1 is 1.32 bits per heavy atom. The number of aromatic nitrogens is 2. The van der Waals surface area contributed by atoms with Gasteiger partial charge in [-0.3, -0.25) is 4.90 Å². The Morgan fingerprint density at radius 3 is 2.50 bits per heavy atom. The number of carboxylic acid groups (broad SMARTS) is 1. The Bertz CT molecular complexity index is 562. The van der Waals surface area contributed by atoms with Gasteiger partial charge in [-0.05, 0) is 39.7 Å². The Hall–Kier alpha value is -2.18. The van der Waals surface area contributed by atoms with Crippen LogP contribution in [0.15, 0.2) is 12.3 Å². The molecular weight excluding hydrogens is 286 g/mol. The quantitative estimate of drug-likeness (QED) is 0.923. The first kappa shape index (κ1) is 16.2. The number of amides is 1. The second-order valence-electron chi connectivity index (χ2n) is 6.36. The lowest BCUT2D eigenvalue weighted by atomic mass is 10.1. The smallest absolute Gasteiger partial charge is 0.416 e. The fourth-order valence-corrected chi connectivity index (χ4v) is 2.55. The molecule has 0 atom stereocenters. The summed E-state index contributed by atoms with van der Waals surface area (Å²) in [6, 6.07) is 1.24. The minimum atomic E-state index is -1.14. The average molecular weight is 307 g/mol. The third-order valence-electron chi connectivity index (χ3n) is 3.44. The van der Waals surface area contributed by atoms with Crippen LogP contribution < -0.4 is 4.90 Å². The third-order valence-corrected chi connectivity index (χ3v) is 3.44. The van der Waals surface area contributed by atoms with E-state index in [9.17, 15) is 14.7 Å². The lowest BCUT2D eigenvalue weighted by Crippen LogP contribution is -2.43. The van der Waals surface area contributed by atoms with E-state index >= 15 is 0 Å². The minimum absolute atomic E-state index is 0.0484. The summed E-state index contributed by atoms with van der Waals surface area (Å²) in [6.07, 6.45) is 4.31. The van der Waals surface area contributed by atoms with Gasteiger partial charge in [0.15, 0.2) is 5.82 Å². The minimum Gasteiger partial charge on any atom is -0.478 e. The summed E-state index contributed by atoms with van der Waals surface area (Å²) < 4.78 is 5.43. The van der Waals surface area contributed by atoms with Crippen molar-refractivity contribution in [2.24, 2.45) is 0 Å². The van der Waals surface area contributed by atoms with Gasteiger partial charge in [0.25, 0.3) is 0 Å². The molecule has 0 radical (unpaired) electrons. The predicted molar refractivity (Wildman–Crippen MR) is 80.0 cm³/mol. The van der Waals surface area contributed by atoms with Crippen molar-refractivity contribution in [2.75, 3.05) is 4.90 Å². The topological polar surface area (TPSA) is 92.6 Å². The summed E-state index contributed by atoms with van der Waals surface area (Å²) in [5, 5.41) is 17.0. The SMILES string of the molecule is CC(C)(C)OC(=O)N(c1nnccc1C(=O)O)C1CCCC1. The number of hydrogen-bond acceptors (Lipinski definition) is 5. The zero-order valence-electron chi connectivity index (χ0n) is 13.1. The fourth-order valence-electron chi connectivity index (χ4n) is 2.55.